The van der Waals surface area contributed by atoms with Crippen molar-refractivity contribution in [3.05, 3.63) is 53.1 Å². The summed E-state index contributed by atoms with van der Waals surface area (Å²) in [5, 5.41) is 12.7. The van der Waals surface area contributed by atoms with Gasteiger partial charge in [-0.1, -0.05) is 47.6 Å². The number of carbonyl (C=O) groups excluding carboxylic acids is 2. The second kappa shape index (κ2) is 12.2. The second-order valence-corrected chi connectivity index (χ2v) is 10.0. The van der Waals surface area contributed by atoms with Crippen molar-refractivity contribution in [1.29, 1.82) is 0 Å². The Hall–Kier alpha value is -3.17. The van der Waals surface area contributed by atoms with E-state index < -0.39 is 0 Å². The maximum atomic E-state index is 13.0. The highest BCUT2D eigenvalue weighted by Crippen LogP contribution is 2.30. The van der Waals surface area contributed by atoms with Crippen molar-refractivity contribution in [2.24, 2.45) is 5.92 Å². The molecule has 1 aliphatic carbocycles. The van der Waals surface area contributed by atoms with E-state index in [4.69, 9.17) is 21.1 Å². The molecule has 1 heterocycles. The van der Waals surface area contributed by atoms with Gasteiger partial charge < -0.3 is 19.7 Å². The summed E-state index contributed by atoms with van der Waals surface area (Å²) in [6, 6.07) is 13.1. The molecule has 8 nitrogen and oxygen atoms in total. The van der Waals surface area contributed by atoms with Crippen LogP contribution in [0.3, 0.4) is 0 Å². The van der Waals surface area contributed by atoms with Crippen molar-refractivity contribution in [3.63, 3.8) is 0 Å². The van der Waals surface area contributed by atoms with E-state index in [1.165, 1.54) is 11.3 Å². The van der Waals surface area contributed by atoms with Gasteiger partial charge in [-0.15, -0.1) is 10.2 Å². The van der Waals surface area contributed by atoms with Crippen molar-refractivity contribution in [1.82, 2.24) is 15.1 Å². The number of nitrogens with one attached hydrogen (secondary N) is 1. The van der Waals surface area contributed by atoms with Crippen LogP contribution in [0, 0.1) is 5.92 Å². The van der Waals surface area contributed by atoms with Crippen molar-refractivity contribution < 1.29 is 19.1 Å². The van der Waals surface area contributed by atoms with Gasteiger partial charge in [-0.2, -0.15) is 0 Å². The van der Waals surface area contributed by atoms with Gasteiger partial charge in [-0.25, -0.2) is 0 Å². The standard InChI is InChI=1S/C26H29ClN4O4S/c1-34-21-10-9-17(15-22(21)35-2)11-13-31(25(33)18-5-3-6-18)14-12-23(32)28-26-30-29-24(36-26)19-7-4-8-20(27)16-19/h4,7-10,15-16,18H,3,5-6,11-14H2,1-2H3,(H,28,30,32). The third-order valence-corrected chi connectivity index (χ3v) is 7.36. The number of halogens is 1. The molecule has 36 heavy (non-hydrogen) atoms. The molecule has 0 bridgehead atoms. The van der Waals surface area contributed by atoms with E-state index in [1.807, 2.05) is 30.3 Å². The zero-order valence-electron chi connectivity index (χ0n) is 20.3. The number of rotatable bonds is 11. The highest BCUT2D eigenvalue weighted by atomic mass is 35.5. The van der Waals surface area contributed by atoms with Gasteiger partial charge in [0.25, 0.3) is 0 Å². The van der Waals surface area contributed by atoms with Crippen LogP contribution < -0.4 is 14.8 Å². The molecule has 2 amide bonds. The Morgan fingerprint density at radius 3 is 2.58 bits per heavy atom. The zero-order valence-corrected chi connectivity index (χ0v) is 21.9. The maximum Gasteiger partial charge on any atom is 0.227 e. The Morgan fingerprint density at radius 1 is 1.08 bits per heavy atom. The highest BCUT2D eigenvalue weighted by molar-refractivity contribution is 7.18. The molecule has 190 valence electrons. The van der Waals surface area contributed by atoms with Gasteiger partial charge in [0.1, 0.15) is 5.01 Å². The normalized spacial score (nSPS) is 13.1. The fraction of sp³-hybridized carbons (Fsp3) is 0.385. The smallest absolute Gasteiger partial charge is 0.227 e. The first kappa shape index (κ1) is 25.9. The fourth-order valence-corrected chi connectivity index (χ4v) is 4.92. The van der Waals surface area contributed by atoms with E-state index in [0.717, 1.165) is 30.4 Å². The molecule has 0 atom stereocenters. The Kier molecular flexibility index (Phi) is 8.77. The Morgan fingerprint density at radius 2 is 1.89 bits per heavy atom. The summed E-state index contributed by atoms with van der Waals surface area (Å²) in [6.45, 7) is 0.865. The number of hydrogen-bond donors (Lipinski definition) is 1. The van der Waals surface area contributed by atoms with Crippen LogP contribution in [0.15, 0.2) is 42.5 Å². The van der Waals surface area contributed by atoms with Gasteiger partial charge in [0.05, 0.1) is 14.2 Å². The van der Waals surface area contributed by atoms with Gasteiger partial charge in [0, 0.05) is 36.0 Å². The van der Waals surface area contributed by atoms with Crippen LogP contribution in [0.2, 0.25) is 5.02 Å². The lowest BCUT2D eigenvalue weighted by Crippen LogP contribution is -2.41. The highest BCUT2D eigenvalue weighted by Gasteiger charge is 2.29. The zero-order chi connectivity index (χ0) is 25.5. The van der Waals surface area contributed by atoms with Crippen molar-refractivity contribution in [2.45, 2.75) is 32.1 Å². The Balaban J connectivity index is 1.35. The van der Waals surface area contributed by atoms with Crippen LogP contribution in [0.1, 0.15) is 31.2 Å². The predicted molar refractivity (Wildman–Crippen MR) is 141 cm³/mol. The second-order valence-electron chi connectivity index (χ2n) is 8.61. The van der Waals surface area contributed by atoms with E-state index >= 15 is 0 Å². The number of aromatic nitrogens is 2. The summed E-state index contributed by atoms with van der Waals surface area (Å²) in [7, 11) is 3.20. The number of ether oxygens (including phenoxy) is 2. The van der Waals surface area contributed by atoms with Crippen LogP contribution in [0.4, 0.5) is 5.13 Å². The largest absolute Gasteiger partial charge is 0.493 e. The summed E-state index contributed by atoms with van der Waals surface area (Å²) >= 11 is 7.33. The molecular weight excluding hydrogens is 500 g/mol. The first-order valence-corrected chi connectivity index (χ1v) is 13.0. The summed E-state index contributed by atoms with van der Waals surface area (Å²) in [5.74, 6) is 1.29. The molecule has 1 saturated carbocycles. The van der Waals surface area contributed by atoms with Gasteiger partial charge in [0.15, 0.2) is 11.5 Å². The average molecular weight is 529 g/mol. The Labute approximate surface area is 219 Å². The monoisotopic (exact) mass is 528 g/mol. The Bertz CT molecular complexity index is 1210. The summed E-state index contributed by atoms with van der Waals surface area (Å²) in [5.41, 5.74) is 1.87. The van der Waals surface area contributed by atoms with Crippen molar-refractivity contribution in [2.75, 3.05) is 32.6 Å². The molecule has 0 saturated heterocycles. The van der Waals surface area contributed by atoms with Gasteiger partial charge in [-0.05, 0) is 49.1 Å². The quantitative estimate of drug-likeness (QED) is 0.373. The number of anilines is 1. The molecule has 3 aromatic rings. The number of benzene rings is 2. The molecule has 1 aromatic heterocycles. The SMILES string of the molecule is COc1ccc(CCN(CCC(=O)Nc2nnc(-c3cccc(Cl)c3)s2)C(=O)C2CCC2)cc1OC. The number of amides is 2. The molecule has 0 radical (unpaired) electrons. The molecule has 1 aliphatic rings. The maximum absolute atomic E-state index is 13.0. The minimum Gasteiger partial charge on any atom is -0.493 e. The number of carbonyl (C=O) groups is 2. The molecule has 0 unspecified atom stereocenters. The molecular formula is C26H29ClN4O4S. The van der Waals surface area contributed by atoms with Crippen LogP contribution >= 0.6 is 22.9 Å². The summed E-state index contributed by atoms with van der Waals surface area (Å²) in [4.78, 5) is 27.5. The number of hydrogen-bond acceptors (Lipinski definition) is 7. The van der Waals surface area contributed by atoms with Crippen LogP contribution in [0.25, 0.3) is 10.6 Å². The lowest BCUT2D eigenvalue weighted by Gasteiger charge is -2.31. The molecule has 1 fully saturated rings. The number of nitrogens with zero attached hydrogens (tertiary/aromatic N) is 3. The first-order chi connectivity index (χ1) is 17.5. The van der Waals surface area contributed by atoms with E-state index in [-0.39, 0.29) is 24.2 Å². The van der Waals surface area contributed by atoms with E-state index in [9.17, 15) is 9.59 Å². The van der Waals surface area contributed by atoms with Crippen LogP contribution in [-0.2, 0) is 16.0 Å². The third-order valence-electron chi connectivity index (χ3n) is 6.24. The average Bonchev–Trinajstić information content (AvgIpc) is 3.31. The lowest BCUT2D eigenvalue weighted by molar-refractivity contribution is -0.138. The van der Waals surface area contributed by atoms with Gasteiger partial charge in [0.2, 0.25) is 16.9 Å². The first-order valence-electron chi connectivity index (χ1n) is 11.9. The van der Waals surface area contributed by atoms with Gasteiger partial charge >= 0.3 is 0 Å². The summed E-state index contributed by atoms with van der Waals surface area (Å²) in [6.07, 6.45) is 3.73. The molecule has 4 rings (SSSR count). The molecule has 1 N–H and O–H groups in total. The minimum atomic E-state index is -0.207. The van der Waals surface area contributed by atoms with E-state index in [1.54, 1.807) is 31.3 Å². The van der Waals surface area contributed by atoms with Gasteiger partial charge in [-0.3, -0.25) is 9.59 Å². The molecule has 0 aliphatic heterocycles. The fourth-order valence-electron chi connectivity index (χ4n) is 3.98. The molecule has 0 spiro atoms. The summed E-state index contributed by atoms with van der Waals surface area (Å²) < 4.78 is 10.7. The van der Waals surface area contributed by atoms with Crippen molar-refractivity contribution in [3.8, 4) is 22.1 Å². The van der Waals surface area contributed by atoms with Crippen LogP contribution in [0.5, 0.6) is 11.5 Å². The molecule has 10 heteroatoms. The topological polar surface area (TPSA) is 93.6 Å². The van der Waals surface area contributed by atoms with Crippen molar-refractivity contribution >= 4 is 39.9 Å². The van der Waals surface area contributed by atoms with Crippen LogP contribution in [-0.4, -0.2) is 54.2 Å². The number of methoxy groups -OCH3 is 2. The lowest BCUT2D eigenvalue weighted by atomic mass is 9.84. The predicted octanol–water partition coefficient (Wildman–Crippen LogP) is 5.08. The third kappa shape index (κ3) is 6.53. The van der Waals surface area contributed by atoms with E-state index in [0.29, 0.717) is 46.2 Å². The minimum absolute atomic E-state index is 0.0573. The molecule has 2 aromatic carbocycles. The van der Waals surface area contributed by atoms with E-state index in [2.05, 4.69) is 15.5 Å².